The van der Waals surface area contributed by atoms with Gasteiger partial charge in [0.2, 0.25) is 0 Å². The van der Waals surface area contributed by atoms with Crippen LogP contribution in [0.15, 0.2) is 12.1 Å². The number of rotatable bonds is 4. The number of phenols is 1. The third-order valence-corrected chi connectivity index (χ3v) is 2.67. The molecule has 0 bridgehead atoms. The van der Waals surface area contributed by atoms with E-state index in [1.54, 1.807) is 12.1 Å². The highest BCUT2D eigenvalue weighted by atomic mass is 35.5. The summed E-state index contributed by atoms with van der Waals surface area (Å²) in [7, 11) is 0. The average Bonchev–Trinajstić information content (AvgIpc) is 2.12. The van der Waals surface area contributed by atoms with Crippen molar-refractivity contribution < 1.29 is 5.11 Å². The minimum atomic E-state index is 0. The second-order valence-electron chi connectivity index (χ2n) is 4.03. The molecule has 16 heavy (non-hydrogen) atoms. The summed E-state index contributed by atoms with van der Waals surface area (Å²) in [6, 6.07) is 3.53. The second-order valence-corrected chi connectivity index (χ2v) is 4.03. The molecule has 0 spiro atoms. The van der Waals surface area contributed by atoms with Crippen LogP contribution < -0.4 is 11.5 Å². The summed E-state index contributed by atoms with van der Waals surface area (Å²) < 4.78 is 0. The zero-order valence-electron chi connectivity index (χ0n) is 9.86. The number of phenolic OH excluding ortho intramolecular Hbond substituents is 1. The molecule has 0 radical (unpaired) electrons. The highest BCUT2D eigenvalue weighted by Crippen LogP contribution is 2.27. The van der Waals surface area contributed by atoms with Gasteiger partial charge in [-0.2, -0.15) is 0 Å². The van der Waals surface area contributed by atoms with Gasteiger partial charge in [-0.3, -0.25) is 0 Å². The number of hydrogen-bond acceptors (Lipinski definition) is 3. The molecule has 0 saturated heterocycles. The lowest BCUT2D eigenvalue weighted by atomic mass is 9.93. The van der Waals surface area contributed by atoms with E-state index in [2.05, 4.69) is 0 Å². The van der Waals surface area contributed by atoms with E-state index in [4.69, 9.17) is 11.5 Å². The van der Waals surface area contributed by atoms with Crippen molar-refractivity contribution in [2.45, 2.75) is 32.7 Å². The zero-order chi connectivity index (χ0) is 11.4. The lowest BCUT2D eigenvalue weighted by molar-refractivity contribution is 0.473. The number of benzene rings is 1. The summed E-state index contributed by atoms with van der Waals surface area (Å²) >= 11 is 0. The SMILES string of the molecule is Cc1cc(O)cc(C)c1[C@@H](N)CCCN.Cl. The van der Waals surface area contributed by atoms with Gasteiger partial charge in [0.05, 0.1) is 0 Å². The van der Waals surface area contributed by atoms with Gasteiger partial charge in [0.15, 0.2) is 0 Å². The molecule has 0 fully saturated rings. The standard InChI is InChI=1S/C12H20N2O.ClH/c1-8-6-10(15)7-9(2)12(8)11(14)4-3-5-13;/h6-7,11,15H,3-5,13-14H2,1-2H3;1H/t11-;/m0./s1. The van der Waals surface area contributed by atoms with Crippen LogP contribution >= 0.6 is 12.4 Å². The smallest absolute Gasteiger partial charge is 0.116 e. The average molecular weight is 245 g/mol. The number of hydrogen-bond donors (Lipinski definition) is 3. The topological polar surface area (TPSA) is 72.3 Å². The van der Waals surface area contributed by atoms with Crippen molar-refractivity contribution >= 4 is 12.4 Å². The molecule has 0 aliphatic rings. The summed E-state index contributed by atoms with van der Waals surface area (Å²) in [4.78, 5) is 0. The number of aryl methyl sites for hydroxylation is 2. The van der Waals surface area contributed by atoms with E-state index in [0.29, 0.717) is 12.3 Å². The predicted molar refractivity (Wildman–Crippen MR) is 70.0 cm³/mol. The maximum atomic E-state index is 9.42. The van der Waals surface area contributed by atoms with Crippen molar-refractivity contribution in [3.63, 3.8) is 0 Å². The highest BCUT2D eigenvalue weighted by molar-refractivity contribution is 5.85. The van der Waals surface area contributed by atoms with Crippen molar-refractivity contribution in [3.05, 3.63) is 28.8 Å². The number of nitrogens with two attached hydrogens (primary N) is 2. The maximum absolute atomic E-state index is 9.42. The molecule has 1 rings (SSSR count). The monoisotopic (exact) mass is 244 g/mol. The van der Waals surface area contributed by atoms with Crippen LogP contribution in [0.1, 0.15) is 35.6 Å². The maximum Gasteiger partial charge on any atom is 0.116 e. The van der Waals surface area contributed by atoms with Crippen molar-refractivity contribution in [2.24, 2.45) is 11.5 Å². The van der Waals surface area contributed by atoms with E-state index in [9.17, 15) is 5.11 Å². The molecule has 1 atom stereocenters. The molecule has 1 aromatic carbocycles. The Morgan fingerprint density at radius 1 is 1.25 bits per heavy atom. The van der Waals surface area contributed by atoms with Gasteiger partial charge in [0.25, 0.3) is 0 Å². The van der Waals surface area contributed by atoms with E-state index >= 15 is 0 Å². The minimum Gasteiger partial charge on any atom is -0.508 e. The van der Waals surface area contributed by atoms with Gasteiger partial charge in [-0.05, 0) is 62.1 Å². The van der Waals surface area contributed by atoms with Crippen LogP contribution in [0.3, 0.4) is 0 Å². The fourth-order valence-corrected chi connectivity index (χ4v) is 2.02. The quantitative estimate of drug-likeness (QED) is 0.760. The van der Waals surface area contributed by atoms with Gasteiger partial charge >= 0.3 is 0 Å². The summed E-state index contributed by atoms with van der Waals surface area (Å²) in [5, 5.41) is 9.42. The molecule has 0 aliphatic carbocycles. The Balaban J connectivity index is 0.00000225. The zero-order valence-corrected chi connectivity index (χ0v) is 10.7. The third-order valence-electron chi connectivity index (χ3n) is 2.67. The largest absolute Gasteiger partial charge is 0.508 e. The Bertz CT molecular complexity index is 319. The molecule has 0 unspecified atom stereocenters. The number of halogens is 1. The summed E-state index contributed by atoms with van der Waals surface area (Å²) in [5.74, 6) is 0.305. The van der Waals surface area contributed by atoms with Gasteiger partial charge in [-0.15, -0.1) is 12.4 Å². The molecular formula is C12H21ClN2O. The predicted octanol–water partition coefficient (Wildman–Crippen LogP) is 2.17. The van der Waals surface area contributed by atoms with E-state index in [1.807, 2.05) is 13.8 Å². The minimum absolute atomic E-state index is 0. The van der Waals surface area contributed by atoms with Crippen LogP contribution in [0.25, 0.3) is 0 Å². The Kier molecular flexibility index (Phi) is 6.41. The van der Waals surface area contributed by atoms with Gasteiger partial charge in [-0.25, -0.2) is 0 Å². The molecular weight excluding hydrogens is 224 g/mol. The van der Waals surface area contributed by atoms with Gasteiger partial charge in [0.1, 0.15) is 5.75 Å². The molecule has 4 heteroatoms. The van der Waals surface area contributed by atoms with Crippen LogP contribution in [0.5, 0.6) is 5.75 Å². The van der Waals surface area contributed by atoms with Crippen molar-refractivity contribution in [2.75, 3.05) is 6.54 Å². The molecule has 5 N–H and O–H groups in total. The van der Waals surface area contributed by atoms with Crippen molar-refractivity contribution in [3.8, 4) is 5.75 Å². The lowest BCUT2D eigenvalue weighted by Crippen LogP contribution is -2.15. The molecule has 0 aliphatic heterocycles. The first-order valence-corrected chi connectivity index (χ1v) is 5.32. The normalized spacial score (nSPS) is 12.0. The van der Waals surface area contributed by atoms with Crippen molar-refractivity contribution in [1.82, 2.24) is 0 Å². The summed E-state index contributed by atoms with van der Waals surface area (Å²) in [6.45, 7) is 4.62. The molecule has 0 aromatic heterocycles. The van der Waals surface area contributed by atoms with Crippen LogP contribution in [0.4, 0.5) is 0 Å². The van der Waals surface area contributed by atoms with E-state index in [1.165, 1.54) is 0 Å². The fourth-order valence-electron chi connectivity index (χ4n) is 2.02. The van der Waals surface area contributed by atoms with Gasteiger partial charge in [0, 0.05) is 6.04 Å². The Hall–Kier alpha value is -0.770. The van der Waals surface area contributed by atoms with E-state index < -0.39 is 0 Å². The van der Waals surface area contributed by atoms with Crippen LogP contribution in [-0.2, 0) is 0 Å². The third kappa shape index (κ3) is 3.67. The Morgan fingerprint density at radius 2 is 1.75 bits per heavy atom. The molecule has 92 valence electrons. The Morgan fingerprint density at radius 3 is 2.19 bits per heavy atom. The van der Waals surface area contributed by atoms with Gasteiger partial charge in [-0.1, -0.05) is 0 Å². The van der Waals surface area contributed by atoms with Gasteiger partial charge < -0.3 is 16.6 Å². The molecule has 1 aromatic rings. The van der Waals surface area contributed by atoms with E-state index in [0.717, 1.165) is 29.5 Å². The van der Waals surface area contributed by atoms with E-state index in [-0.39, 0.29) is 18.4 Å². The fraction of sp³-hybridized carbons (Fsp3) is 0.500. The summed E-state index contributed by atoms with van der Waals surface area (Å²) in [5.41, 5.74) is 14.8. The highest BCUT2D eigenvalue weighted by Gasteiger charge is 2.12. The van der Waals surface area contributed by atoms with Crippen LogP contribution in [-0.4, -0.2) is 11.7 Å². The first-order chi connectivity index (χ1) is 7.06. The Labute approximate surface area is 103 Å². The summed E-state index contributed by atoms with van der Waals surface area (Å²) in [6.07, 6.45) is 1.82. The first-order valence-electron chi connectivity index (χ1n) is 5.32. The molecule has 0 amide bonds. The lowest BCUT2D eigenvalue weighted by Gasteiger charge is -2.17. The molecule has 3 nitrogen and oxygen atoms in total. The molecule has 0 heterocycles. The van der Waals surface area contributed by atoms with Crippen LogP contribution in [0, 0.1) is 13.8 Å². The second kappa shape index (κ2) is 6.74. The van der Waals surface area contributed by atoms with Crippen LogP contribution in [0.2, 0.25) is 0 Å². The molecule has 0 saturated carbocycles. The first kappa shape index (κ1) is 15.2. The number of aromatic hydroxyl groups is 1. The van der Waals surface area contributed by atoms with Crippen molar-refractivity contribution in [1.29, 1.82) is 0 Å².